The second-order valence-corrected chi connectivity index (χ2v) is 7.97. The molecule has 0 saturated carbocycles. The molecule has 0 saturated heterocycles. The summed E-state index contributed by atoms with van der Waals surface area (Å²) in [6.07, 6.45) is 0.281. The Labute approximate surface area is 166 Å². The topological polar surface area (TPSA) is 64.9 Å². The average Bonchev–Trinajstić information content (AvgIpc) is 3.10. The van der Waals surface area contributed by atoms with E-state index in [1.54, 1.807) is 41.7 Å². The highest BCUT2D eigenvalue weighted by atomic mass is 35.5. The molecule has 2 aromatic carbocycles. The number of benzene rings is 2. The Morgan fingerprint density at radius 3 is 2.67 bits per heavy atom. The monoisotopic (exact) mass is 398 g/mol. The molecule has 138 valence electrons. The summed E-state index contributed by atoms with van der Waals surface area (Å²) in [5.41, 5.74) is 3.40. The molecule has 2 heterocycles. The number of aromatic hydroxyl groups is 2. The van der Waals surface area contributed by atoms with Crippen molar-refractivity contribution in [1.29, 1.82) is 0 Å². The first-order valence-corrected chi connectivity index (χ1v) is 9.92. The molecule has 0 fully saturated rings. The molecule has 27 heavy (non-hydrogen) atoms. The van der Waals surface area contributed by atoms with Crippen LogP contribution in [0.1, 0.15) is 40.2 Å². The number of para-hydroxylation sites is 1. The Hall–Kier alpha value is -2.34. The van der Waals surface area contributed by atoms with Crippen molar-refractivity contribution in [2.75, 3.05) is 0 Å². The van der Waals surface area contributed by atoms with E-state index in [0.29, 0.717) is 17.0 Å². The van der Waals surface area contributed by atoms with Crippen LogP contribution in [0.15, 0.2) is 58.9 Å². The van der Waals surface area contributed by atoms with Gasteiger partial charge in [-0.3, -0.25) is 10.3 Å². The molecule has 3 aromatic rings. The average molecular weight is 399 g/mol. The molecule has 4 rings (SSSR count). The summed E-state index contributed by atoms with van der Waals surface area (Å²) in [4.78, 5) is 6.00. The van der Waals surface area contributed by atoms with Gasteiger partial charge in [-0.15, -0.1) is 11.3 Å². The quantitative estimate of drug-likeness (QED) is 0.557. The van der Waals surface area contributed by atoms with Gasteiger partial charge in [0.1, 0.15) is 17.7 Å². The predicted molar refractivity (Wildman–Crippen MR) is 110 cm³/mol. The van der Waals surface area contributed by atoms with E-state index in [1.807, 2.05) is 17.5 Å². The highest BCUT2D eigenvalue weighted by Crippen LogP contribution is 2.38. The third kappa shape index (κ3) is 3.58. The van der Waals surface area contributed by atoms with E-state index in [2.05, 4.69) is 18.3 Å². The molecule has 1 aliphatic rings. The van der Waals surface area contributed by atoms with E-state index in [1.165, 1.54) is 0 Å². The van der Waals surface area contributed by atoms with Crippen LogP contribution < -0.4 is 5.32 Å². The number of nitrogens with zero attached hydrogens (tertiary/aromatic N) is 1. The molecule has 0 amide bonds. The highest BCUT2D eigenvalue weighted by Gasteiger charge is 2.29. The van der Waals surface area contributed by atoms with Crippen molar-refractivity contribution in [1.82, 2.24) is 5.32 Å². The number of thiophene rings is 1. The first-order valence-electron chi connectivity index (χ1n) is 8.66. The standard InChI is InChI=1S/C21H19ClN2O2S/c1-12-8-9-27-20(12)21-23-16(14-4-2-3-5-18(14)25)11-17(24-21)15-10-13(22)6-7-19(15)26/h2-10,17,21,24-26H,11H2,1H3. The lowest BCUT2D eigenvalue weighted by Gasteiger charge is -2.31. The van der Waals surface area contributed by atoms with Gasteiger partial charge in [0.05, 0.1) is 5.71 Å². The molecule has 4 nitrogen and oxygen atoms in total. The zero-order valence-electron chi connectivity index (χ0n) is 14.7. The van der Waals surface area contributed by atoms with Gasteiger partial charge in [0, 0.05) is 33.5 Å². The molecule has 1 aliphatic heterocycles. The van der Waals surface area contributed by atoms with Gasteiger partial charge in [-0.1, -0.05) is 23.7 Å². The third-order valence-corrected chi connectivity index (χ3v) is 6.08. The van der Waals surface area contributed by atoms with Gasteiger partial charge in [-0.2, -0.15) is 0 Å². The van der Waals surface area contributed by atoms with Gasteiger partial charge in [0.15, 0.2) is 0 Å². The van der Waals surface area contributed by atoms with Crippen molar-refractivity contribution < 1.29 is 10.2 Å². The van der Waals surface area contributed by atoms with Gasteiger partial charge in [0.2, 0.25) is 0 Å². The van der Waals surface area contributed by atoms with Crippen LogP contribution in [-0.4, -0.2) is 15.9 Å². The zero-order chi connectivity index (χ0) is 19.0. The Morgan fingerprint density at radius 1 is 1.11 bits per heavy atom. The van der Waals surface area contributed by atoms with Gasteiger partial charge < -0.3 is 10.2 Å². The minimum atomic E-state index is -0.253. The SMILES string of the molecule is Cc1ccsc1C1N=C(c2ccccc2O)CC(c2cc(Cl)ccc2O)N1. The molecule has 6 heteroatoms. The number of phenols is 2. The van der Waals surface area contributed by atoms with Crippen LogP contribution >= 0.6 is 22.9 Å². The highest BCUT2D eigenvalue weighted by molar-refractivity contribution is 7.10. The summed E-state index contributed by atoms with van der Waals surface area (Å²) in [6.45, 7) is 2.06. The number of nitrogens with one attached hydrogen (secondary N) is 1. The van der Waals surface area contributed by atoms with Crippen LogP contribution in [0.5, 0.6) is 11.5 Å². The molecule has 2 unspecified atom stereocenters. The van der Waals surface area contributed by atoms with Crippen LogP contribution in [0.25, 0.3) is 0 Å². The zero-order valence-corrected chi connectivity index (χ0v) is 16.3. The number of halogens is 1. The van der Waals surface area contributed by atoms with Gasteiger partial charge >= 0.3 is 0 Å². The lowest BCUT2D eigenvalue weighted by molar-refractivity contribution is 0.414. The lowest BCUT2D eigenvalue weighted by atomic mass is 9.93. The maximum Gasteiger partial charge on any atom is 0.135 e. The second kappa shape index (κ2) is 7.35. The van der Waals surface area contributed by atoms with Gasteiger partial charge in [-0.05, 0) is 54.3 Å². The van der Waals surface area contributed by atoms with E-state index in [4.69, 9.17) is 16.6 Å². The van der Waals surface area contributed by atoms with Crippen LogP contribution in [0, 0.1) is 6.92 Å². The third-order valence-electron chi connectivity index (χ3n) is 4.77. The van der Waals surface area contributed by atoms with Crippen molar-refractivity contribution in [2.24, 2.45) is 4.99 Å². The summed E-state index contributed by atoms with van der Waals surface area (Å²) >= 11 is 7.81. The van der Waals surface area contributed by atoms with E-state index < -0.39 is 0 Å². The van der Waals surface area contributed by atoms with E-state index in [9.17, 15) is 10.2 Å². The van der Waals surface area contributed by atoms with Crippen LogP contribution in [-0.2, 0) is 0 Å². The first-order chi connectivity index (χ1) is 13.0. The normalized spacial score (nSPS) is 19.7. The summed E-state index contributed by atoms with van der Waals surface area (Å²) < 4.78 is 0. The summed E-state index contributed by atoms with van der Waals surface area (Å²) in [7, 11) is 0. The molecular weight excluding hydrogens is 380 g/mol. The molecule has 0 radical (unpaired) electrons. The predicted octanol–water partition coefficient (Wildman–Crippen LogP) is 5.34. The Bertz CT molecular complexity index is 1010. The first kappa shape index (κ1) is 18.0. The number of hydrogen-bond acceptors (Lipinski definition) is 5. The Morgan fingerprint density at radius 2 is 1.93 bits per heavy atom. The minimum Gasteiger partial charge on any atom is -0.508 e. The fourth-order valence-electron chi connectivity index (χ4n) is 3.39. The number of hydrogen-bond donors (Lipinski definition) is 3. The molecule has 0 aliphatic carbocycles. The largest absolute Gasteiger partial charge is 0.508 e. The smallest absolute Gasteiger partial charge is 0.135 e. The molecular formula is C21H19ClN2O2S. The fourth-order valence-corrected chi connectivity index (χ4v) is 4.49. The van der Waals surface area contributed by atoms with Crippen LogP contribution in [0.4, 0.5) is 0 Å². The summed E-state index contributed by atoms with van der Waals surface area (Å²) in [5, 5.41) is 26.8. The van der Waals surface area contributed by atoms with Gasteiger partial charge in [-0.25, -0.2) is 0 Å². The molecule has 2 atom stereocenters. The summed E-state index contributed by atoms with van der Waals surface area (Å²) in [5.74, 6) is 0.394. The Balaban J connectivity index is 1.80. The number of rotatable bonds is 3. The maximum absolute atomic E-state index is 10.4. The number of phenolic OH excluding ortho intramolecular Hbond substituents is 2. The molecule has 3 N–H and O–H groups in total. The van der Waals surface area contributed by atoms with Crippen LogP contribution in [0.2, 0.25) is 5.02 Å². The lowest BCUT2D eigenvalue weighted by Crippen LogP contribution is -2.33. The molecule has 0 bridgehead atoms. The van der Waals surface area contributed by atoms with Crippen molar-refractivity contribution in [2.45, 2.75) is 25.6 Å². The fraction of sp³-hybridized carbons (Fsp3) is 0.190. The van der Waals surface area contributed by atoms with Crippen molar-refractivity contribution in [3.05, 3.63) is 80.5 Å². The maximum atomic E-state index is 10.4. The van der Waals surface area contributed by atoms with E-state index >= 15 is 0 Å². The Kier molecular flexibility index (Phi) is 4.91. The number of aliphatic imine (C=N–C) groups is 1. The van der Waals surface area contributed by atoms with Crippen LogP contribution in [0.3, 0.4) is 0 Å². The molecule has 0 spiro atoms. The minimum absolute atomic E-state index is 0.178. The number of aryl methyl sites for hydroxylation is 1. The molecule has 1 aromatic heterocycles. The van der Waals surface area contributed by atoms with Crippen molar-refractivity contribution in [3.8, 4) is 11.5 Å². The van der Waals surface area contributed by atoms with Gasteiger partial charge in [0.25, 0.3) is 0 Å². The van der Waals surface area contributed by atoms with E-state index in [-0.39, 0.29) is 23.7 Å². The summed E-state index contributed by atoms with van der Waals surface area (Å²) in [6, 6.07) is 14.2. The van der Waals surface area contributed by atoms with Crippen molar-refractivity contribution in [3.63, 3.8) is 0 Å². The van der Waals surface area contributed by atoms with E-state index in [0.717, 1.165) is 21.7 Å². The second-order valence-electron chi connectivity index (χ2n) is 6.59. The van der Waals surface area contributed by atoms with Crippen molar-refractivity contribution >= 4 is 28.6 Å².